The fraction of sp³-hybridized carbons (Fsp3) is 0.119. The average Bonchev–Trinajstić information content (AvgIpc) is 1.60. The van der Waals surface area contributed by atoms with Crippen LogP contribution in [0.1, 0.15) is 67.1 Å². The first-order valence-corrected chi connectivity index (χ1v) is 45.4. The van der Waals surface area contributed by atoms with Gasteiger partial charge in [0.15, 0.2) is 5.13 Å². The van der Waals surface area contributed by atoms with Gasteiger partial charge in [0.1, 0.15) is 40.3 Å². The van der Waals surface area contributed by atoms with Crippen LogP contribution in [0.4, 0.5) is 44.9 Å². The van der Waals surface area contributed by atoms with Crippen LogP contribution in [0.15, 0.2) is 335 Å². The molecule has 0 saturated heterocycles. The molecule has 22 nitrogen and oxygen atoms in total. The maximum atomic E-state index is 12.0. The summed E-state index contributed by atoms with van der Waals surface area (Å²) in [5.74, 6) is 3.08. The van der Waals surface area contributed by atoms with Gasteiger partial charge in [0.2, 0.25) is 0 Å². The van der Waals surface area contributed by atoms with Gasteiger partial charge in [0, 0.05) is 176 Å². The summed E-state index contributed by atoms with van der Waals surface area (Å²) in [6, 6.07) is 91.7. The first-order valence-electron chi connectivity index (χ1n) is 42.7. The maximum absolute atomic E-state index is 12.0. The van der Waals surface area contributed by atoms with E-state index >= 15 is 0 Å². The number of anilines is 7. The fourth-order valence-corrected chi connectivity index (χ4v) is 17.6. The SMILES string of the molecule is C.C.CCN(CC)Cc1cc(Nc2ccnc3cc(Cl)ccc23)cc(-c2cccnc2)c1O.CNCc1cc(Nc2cccc3cc(Cl)ccc23)cc(-c2ccc(Cl)cc2)c1O.COc1cc(N)c2ncccc2c1Sc1ccc2ccccc2c1.COc1ccc(Nc2nc3c(s2)c(C)c(O)c2ccccc23)cc1.Cc1ccc(-c2ccc(/C=N/NC(=O)c3cccc([N+](=O)[O-])c3)o2)cc1. The minimum Gasteiger partial charge on any atom is -0.507 e. The van der Waals surface area contributed by atoms with Gasteiger partial charge in [-0.3, -0.25) is 34.8 Å². The Morgan fingerprint density at radius 3 is 1.94 bits per heavy atom. The van der Waals surface area contributed by atoms with Gasteiger partial charge >= 0.3 is 0 Å². The Morgan fingerprint density at radius 2 is 1.23 bits per heavy atom. The Kier molecular flexibility index (Phi) is 33.3. The van der Waals surface area contributed by atoms with E-state index in [0.717, 1.165) is 172 Å². The first-order chi connectivity index (χ1) is 65.1. The number of hydrogen-bond acceptors (Lipinski definition) is 22. The van der Waals surface area contributed by atoms with E-state index in [-0.39, 0.29) is 37.6 Å². The molecule has 0 aliphatic carbocycles. The lowest BCUT2D eigenvalue weighted by Crippen LogP contribution is -2.22. The number of nitrogen functional groups attached to an aromatic ring is 1. The molecule has 136 heavy (non-hydrogen) atoms. The number of nitrogens with one attached hydrogen (secondary N) is 5. The van der Waals surface area contributed by atoms with Crippen molar-refractivity contribution < 1.29 is 38.9 Å². The molecule has 19 rings (SSSR count). The number of nitrogens with zero attached hydrogens (tertiary/aromatic N) is 7. The number of thiazole rings is 1. The highest BCUT2D eigenvalue weighted by molar-refractivity contribution is 7.99. The van der Waals surface area contributed by atoms with E-state index in [1.54, 1.807) is 68.2 Å². The lowest BCUT2D eigenvalue weighted by molar-refractivity contribution is -0.384. The van der Waals surface area contributed by atoms with Gasteiger partial charge in [-0.15, -0.1) is 0 Å². The van der Waals surface area contributed by atoms with Crippen LogP contribution in [-0.2, 0) is 13.1 Å². The van der Waals surface area contributed by atoms with Gasteiger partial charge in [0.05, 0.1) is 57.2 Å². The van der Waals surface area contributed by atoms with E-state index in [0.29, 0.717) is 51.1 Å². The minimum atomic E-state index is -0.560. The second-order valence-electron chi connectivity index (χ2n) is 30.9. The molecule has 27 heteroatoms. The zero-order chi connectivity index (χ0) is 93.9. The molecule has 0 fully saturated rings. The summed E-state index contributed by atoms with van der Waals surface area (Å²) >= 11 is 21.5. The first kappa shape index (κ1) is 98.4. The number of aromatic nitrogens is 4. The van der Waals surface area contributed by atoms with Crippen LogP contribution in [0.3, 0.4) is 0 Å². The standard InChI is InChI=1S/C25H25ClN4O.C24H20Cl2N2O.C20H16N2OS.C19H15N3O4.C19H16N2O2S.2CH4/c1-3-30(4-2)16-18-12-20(14-22(25(18)31)17-6-5-10-27-15-17)29-23-9-11-28-24-13-19(26)7-8-21(23)24;1-27-14-17-12-20(13-22(24(17)29)15-5-7-18(25)8-6-15)28-23-4-2-3-16-11-19(26)9-10-21(16)23;1-23-18-12-17(21)19-16(7-4-10-22-19)20(18)24-15-9-8-13-5-2-3-6-14(13)11-15;1-13-5-7-14(8-6-13)18-10-9-17(26-18)12-20-21-19(23)15-3-2-4-16(11-15)22(24)25;1-11-17(22)15-6-4-3-5-14(15)16-18(11)24-19(21-16)20-12-7-9-13(23-2)10-8-12;;/h5-15,31H,3-4,16H2,1-2H3,(H,28,29);2-13,27-29H,14H2,1H3;2-12H,21H2,1H3;2-12H,1H3,(H,21,23);3-10,22H,1-2H3,(H,20,21);2*1H4/b;;;20-12+;;;. The number of carbonyl (C=O) groups excluding carboxylic acids is 1. The minimum absolute atomic E-state index is 0. The highest BCUT2D eigenvalue weighted by Crippen LogP contribution is 2.46. The van der Waals surface area contributed by atoms with Crippen molar-refractivity contribution in [1.82, 2.24) is 35.6 Å². The number of carbonyl (C=O) groups is 1. The number of nitro groups is 1. The molecular weight excluding hydrogens is 1810 g/mol. The summed E-state index contributed by atoms with van der Waals surface area (Å²) < 4.78 is 17.4. The molecule has 14 aromatic carbocycles. The highest BCUT2D eigenvalue weighted by Gasteiger charge is 2.22. The van der Waals surface area contributed by atoms with Crippen molar-refractivity contribution in [2.45, 2.75) is 65.4 Å². The number of fused-ring (bicyclic) bond motifs is 7. The Bertz CT molecular complexity index is 7480. The number of aromatic hydroxyl groups is 3. The van der Waals surface area contributed by atoms with Crippen molar-refractivity contribution in [2.24, 2.45) is 5.10 Å². The Morgan fingerprint density at radius 1 is 0.574 bits per heavy atom. The lowest BCUT2D eigenvalue weighted by Gasteiger charge is -2.21. The molecule has 10 N–H and O–H groups in total. The van der Waals surface area contributed by atoms with E-state index in [1.807, 2.05) is 239 Å². The molecule has 19 aromatic rings. The third kappa shape index (κ3) is 23.9. The zero-order valence-electron chi connectivity index (χ0n) is 73.9. The summed E-state index contributed by atoms with van der Waals surface area (Å²) in [4.78, 5) is 44.4. The molecular formula is C109H100Cl3N13O9S2. The Balaban J connectivity index is 0.000000144. The summed E-state index contributed by atoms with van der Waals surface area (Å²) in [5.41, 5.74) is 24.2. The third-order valence-corrected chi connectivity index (χ3v) is 24.9. The smallest absolute Gasteiger partial charge is 0.271 e. The normalized spacial score (nSPS) is 10.9. The van der Waals surface area contributed by atoms with Crippen LogP contribution in [0.5, 0.6) is 28.7 Å². The summed E-state index contributed by atoms with van der Waals surface area (Å²) in [7, 11) is 5.17. The maximum Gasteiger partial charge on any atom is 0.271 e. The Labute approximate surface area is 811 Å². The highest BCUT2D eigenvalue weighted by atomic mass is 35.5. The monoisotopic (exact) mass is 1900 g/mol. The van der Waals surface area contributed by atoms with Crippen molar-refractivity contribution >= 4 is 179 Å². The molecule has 0 bridgehead atoms. The summed E-state index contributed by atoms with van der Waals surface area (Å²) in [5, 5.41) is 71.6. The summed E-state index contributed by atoms with van der Waals surface area (Å²) in [6.45, 7) is 11.2. The molecule has 5 heterocycles. The molecule has 1 amide bonds. The van der Waals surface area contributed by atoms with E-state index in [9.17, 15) is 30.2 Å². The van der Waals surface area contributed by atoms with Crippen molar-refractivity contribution in [1.29, 1.82) is 0 Å². The number of phenolic OH excluding ortho intramolecular Hbond substituents is 3. The van der Waals surface area contributed by atoms with E-state index in [2.05, 4.69) is 108 Å². The van der Waals surface area contributed by atoms with Crippen LogP contribution < -0.4 is 41.9 Å². The van der Waals surface area contributed by atoms with Crippen molar-refractivity contribution in [3.8, 4) is 62.3 Å². The number of methoxy groups -OCH3 is 2. The largest absolute Gasteiger partial charge is 0.507 e. The topological polar surface area (TPSA) is 306 Å². The van der Waals surface area contributed by atoms with Gasteiger partial charge < -0.3 is 56.2 Å². The van der Waals surface area contributed by atoms with Gasteiger partial charge in [-0.05, 0) is 207 Å². The number of amides is 1. The van der Waals surface area contributed by atoms with Gasteiger partial charge in [-0.25, -0.2) is 10.4 Å². The van der Waals surface area contributed by atoms with E-state index < -0.39 is 10.8 Å². The number of aryl methyl sites for hydroxylation is 2. The molecule has 0 atom stereocenters. The molecule has 0 radical (unpaired) electrons. The Hall–Kier alpha value is -15.1. The van der Waals surface area contributed by atoms with E-state index in [4.69, 9.17) is 59.4 Å². The van der Waals surface area contributed by atoms with Crippen LogP contribution in [0.25, 0.3) is 97.9 Å². The molecule has 688 valence electrons. The van der Waals surface area contributed by atoms with Crippen molar-refractivity contribution in [2.75, 3.05) is 56.0 Å². The van der Waals surface area contributed by atoms with Crippen molar-refractivity contribution in [3.05, 3.63) is 375 Å². The predicted octanol–water partition coefficient (Wildman–Crippen LogP) is 28.8. The van der Waals surface area contributed by atoms with Crippen LogP contribution >= 0.6 is 57.9 Å². The zero-order valence-corrected chi connectivity index (χ0v) is 77.8. The molecule has 0 aliphatic rings. The van der Waals surface area contributed by atoms with Crippen molar-refractivity contribution in [3.63, 3.8) is 0 Å². The molecule has 0 unspecified atom stereocenters. The number of ether oxygens (including phenoxy) is 2. The number of furan rings is 1. The summed E-state index contributed by atoms with van der Waals surface area (Å²) in [6.07, 6.45) is 8.39. The average molecular weight is 1910 g/mol. The van der Waals surface area contributed by atoms with Crippen LogP contribution in [-0.4, -0.2) is 91.6 Å². The van der Waals surface area contributed by atoms with Gasteiger partial charge in [-0.2, -0.15) is 5.10 Å². The molecule has 5 aromatic heterocycles. The number of non-ortho nitro benzene ring substituents is 1. The van der Waals surface area contributed by atoms with Crippen LogP contribution in [0, 0.1) is 24.0 Å². The third-order valence-electron chi connectivity index (χ3n) is 22.0. The van der Waals surface area contributed by atoms with E-state index in [1.165, 1.54) is 41.3 Å². The number of hydrogen-bond donors (Lipinski definition) is 9. The van der Waals surface area contributed by atoms with Crippen LogP contribution in [0.2, 0.25) is 15.1 Å². The molecule has 0 aliphatic heterocycles. The van der Waals surface area contributed by atoms with Gasteiger partial charge in [-0.1, -0.05) is 213 Å². The second kappa shape index (κ2) is 46.0. The lowest BCUT2D eigenvalue weighted by atomic mass is 9.99. The predicted molar refractivity (Wildman–Crippen MR) is 563 cm³/mol. The van der Waals surface area contributed by atoms with Gasteiger partial charge in [0.25, 0.3) is 11.6 Å². The fourth-order valence-electron chi connectivity index (χ4n) is 15.1. The number of hydrazone groups is 1. The number of nitro benzene ring substituents is 1. The number of halogens is 3. The molecule has 0 saturated carbocycles. The number of benzene rings is 14. The number of pyridine rings is 3. The quantitative estimate of drug-likeness (QED) is 0.00945. The number of rotatable bonds is 23. The molecule has 0 spiro atoms. The second-order valence-corrected chi connectivity index (χ2v) is 34.3. The number of phenols is 3. The number of nitrogens with two attached hydrogens (primary N) is 1.